The van der Waals surface area contributed by atoms with Crippen molar-refractivity contribution in [1.29, 1.82) is 0 Å². The van der Waals surface area contributed by atoms with E-state index in [2.05, 4.69) is 16.8 Å². The summed E-state index contributed by atoms with van der Waals surface area (Å²) in [6.07, 6.45) is 7.34. The Balaban J connectivity index is 1.33. The van der Waals surface area contributed by atoms with Gasteiger partial charge in [0, 0.05) is 30.1 Å². The van der Waals surface area contributed by atoms with Crippen molar-refractivity contribution in [2.24, 2.45) is 0 Å². The molecule has 1 aliphatic carbocycles. The van der Waals surface area contributed by atoms with Crippen LogP contribution in [0.1, 0.15) is 52.7 Å². The molecule has 1 saturated heterocycles. The highest BCUT2D eigenvalue weighted by Crippen LogP contribution is 2.34. The molecule has 1 atom stereocenters. The Morgan fingerprint density at radius 2 is 2.13 bits per heavy atom. The van der Waals surface area contributed by atoms with Gasteiger partial charge in [-0.05, 0) is 61.2 Å². The monoisotopic (exact) mass is 330 g/mol. The zero-order valence-electron chi connectivity index (χ0n) is 13.2. The maximum absolute atomic E-state index is 12.3. The lowest BCUT2D eigenvalue weighted by molar-refractivity contribution is 0.0668. The smallest absolute Gasteiger partial charge is 0.289 e. The van der Waals surface area contributed by atoms with Crippen molar-refractivity contribution in [3.05, 3.63) is 46.0 Å². The molecule has 1 aliphatic heterocycles. The van der Waals surface area contributed by atoms with Crippen molar-refractivity contribution in [3.63, 3.8) is 0 Å². The Labute approximate surface area is 140 Å². The lowest BCUT2D eigenvalue weighted by atomic mass is 9.92. The largest absolute Gasteiger partial charge is 0.459 e. The first kappa shape index (κ1) is 15.0. The number of carbonyl (C=O) groups is 1. The molecule has 5 heteroatoms. The first-order valence-electron chi connectivity index (χ1n) is 8.46. The van der Waals surface area contributed by atoms with Gasteiger partial charge in [0.25, 0.3) is 5.91 Å². The number of carbonyl (C=O) groups excluding carboxylic acids is 1. The van der Waals surface area contributed by atoms with Gasteiger partial charge < -0.3 is 14.6 Å². The Hall–Kier alpha value is -1.59. The SMILES string of the molecule is O=C(c1ccco1)N1CCC(NC2CCCc3sccc32)CC1. The number of rotatable bonds is 3. The van der Waals surface area contributed by atoms with Crippen molar-refractivity contribution in [1.82, 2.24) is 10.2 Å². The summed E-state index contributed by atoms with van der Waals surface area (Å²) < 4.78 is 5.22. The van der Waals surface area contributed by atoms with Crippen LogP contribution in [0.5, 0.6) is 0 Å². The molecular formula is C18H22N2O2S. The van der Waals surface area contributed by atoms with Crippen molar-refractivity contribution in [2.45, 2.75) is 44.2 Å². The van der Waals surface area contributed by atoms with Gasteiger partial charge >= 0.3 is 0 Å². The number of fused-ring (bicyclic) bond motifs is 1. The molecule has 2 aromatic heterocycles. The van der Waals surface area contributed by atoms with E-state index in [1.807, 2.05) is 16.2 Å². The summed E-state index contributed by atoms with van der Waals surface area (Å²) in [5.74, 6) is 0.470. The van der Waals surface area contributed by atoms with E-state index in [-0.39, 0.29) is 5.91 Å². The molecule has 0 spiro atoms. The number of amides is 1. The molecule has 3 heterocycles. The molecule has 122 valence electrons. The number of piperidine rings is 1. The highest BCUT2D eigenvalue weighted by atomic mass is 32.1. The Bertz CT molecular complexity index is 656. The molecular weight excluding hydrogens is 308 g/mol. The van der Waals surface area contributed by atoms with Crippen molar-refractivity contribution >= 4 is 17.2 Å². The Morgan fingerprint density at radius 3 is 2.91 bits per heavy atom. The molecule has 1 N–H and O–H groups in total. The van der Waals surface area contributed by atoms with E-state index in [0.717, 1.165) is 25.9 Å². The average molecular weight is 330 g/mol. The van der Waals surface area contributed by atoms with E-state index in [4.69, 9.17) is 4.42 Å². The molecule has 1 fully saturated rings. The van der Waals surface area contributed by atoms with Crippen LogP contribution in [0.3, 0.4) is 0 Å². The minimum Gasteiger partial charge on any atom is -0.459 e. The molecule has 0 saturated carbocycles. The van der Waals surface area contributed by atoms with E-state index in [0.29, 0.717) is 17.8 Å². The van der Waals surface area contributed by atoms with Gasteiger partial charge in [-0.3, -0.25) is 4.79 Å². The lowest BCUT2D eigenvalue weighted by Crippen LogP contribution is -2.46. The quantitative estimate of drug-likeness (QED) is 0.935. The standard InChI is InChI=1S/C18H22N2O2S/c21-18(16-4-2-11-22-16)20-9-6-13(7-10-20)19-15-3-1-5-17-14(15)8-12-23-17/h2,4,8,11-13,15,19H,1,3,5-7,9-10H2. The van der Waals surface area contributed by atoms with Gasteiger partial charge in [0.1, 0.15) is 0 Å². The van der Waals surface area contributed by atoms with Crippen molar-refractivity contribution < 1.29 is 9.21 Å². The third kappa shape index (κ3) is 3.08. The summed E-state index contributed by atoms with van der Waals surface area (Å²) >= 11 is 1.89. The molecule has 0 radical (unpaired) electrons. The van der Waals surface area contributed by atoms with Gasteiger partial charge in [0.2, 0.25) is 0 Å². The van der Waals surface area contributed by atoms with Crippen LogP contribution in [0.25, 0.3) is 0 Å². The molecule has 4 rings (SSSR count). The Morgan fingerprint density at radius 1 is 1.26 bits per heavy atom. The van der Waals surface area contributed by atoms with Crippen LogP contribution in [0.15, 0.2) is 34.3 Å². The predicted molar refractivity (Wildman–Crippen MR) is 90.8 cm³/mol. The molecule has 4 nitrogen and oxygen atoms in total. The molecule has 0 aromatic carbocycles. The molecule has 1 amide bonds. The minimum atomic E-state index is 0.0197. The summed E-state index contributed by atoms with van der Waals surface area (Å²) in [5.41, 5.74) is 1.51. The second kappa shape index (κ2) is 6.49. The number of hydrogen-bond donors (Lipinski definition) is 1. The number of furan rings is 1. The van der Waals surface area contributed by atoms with Gasteiger partial charge in [-0.25, -0.2) is 0 Å². The fraction of sp³-hybridized carbons (Fsp3) is 0.500. The van der Waals surface area contributed by atoms with Crippen LogP contribution in [-0.4, -0.2) is 29.9 Å². The van der Waals surface area contributed by atoms with Gasteiger partial charge in [0.15, 0.2) is 5.76 Å². The molecule has 2 aliphatic rings. The van der Waals surface area contributed by atoms with E-state index < -0.39 is 0 Å². The van der Waals surface area contributed by atoms with Crippen LogP contribution in [0.4, 0.5) is 0 Å². The zero-order valence-corrected chi connectivity index (χ0v) is 14.0. The first-order chi connectivity index (χ1) is 11.3. The van der Waals surface area contributed by atoms with Gasteiger partial charge in [-0.15, -0.1) is 11.3 Å². The number of likely N-dealkylation sites (tertiary alicyclic amines) is 1. The topological polar surface area (TPSA) is 45.5 Å². The van der Waals surface area contributed by atoms with Crippen LogP contribution in [0.2, 0.25) is 0 Å². The number of thiophene rings is 1. The van der Waals surface area contributed by atoms with Crippen molar-refractivity contribution in [2.75, 3.05) is 13.1 Å². The van der Waals surface area contributed by atoms with Gasteiger partial charge in [-0.1, -0.05) is 0 Å². The normalized spacial score (nSPS) is 22.1. The number of nitrogens with zero attached hydrogens (tertiary/aromatic N) is 1. The third-order valence-electron chi connectivity index (χ3n) is 5.00. The number of hydrogen-bond acceptors (Lipinski definition) is 4. The summed E-state index contributed by atoms with van der Waals surface area (Å²) in [6, 6.07) is 6.80. The minimum absolute atomic E-state index is 0.0197. The van der Waals surface area contributed by atoms with E-state index in [1.165, 1.54) is 24.8 Å². The summed E-state index contributed by atoms with van der Waals surface area (Å²) in [4.78, 5) is 15.8. The maximum Gasteiger partial charge on any atom is 0.289 e. The van der Waals surface area contributed by atoms with Crippen molar-refractivity contribution in [3.8, 4) is 0 Å². The number of nitrogens with one attached hydrogen (secondary N) is 1. The highest BCUT2D eigenvalue weighted by Gasteiger charge is 2.28. The molecule has 23 heavy (non-hydrogen) atoms. The first-order valence-corrected chi connectivity index (χ1v) is 9.34. The van der Waals surface area contributed by atoms with Gasteiger partial charge in [-0.2, -0.15) is 0 Å². The highest BCUT2D eigenvalue weighted by molar-refractivity contribution is 7.10. The van der Waals surface area contributed by atoms with Gasteiger partial charge in [0.05, 0.1) is 6.26 Å². The fourth-order valence-electron chi connectivity index (χ4n) is 3.75. The summed E-state index contributed by atoms with van der Waals surface area (Å²) in [7, 11) is 0. The molecule has 1 unspecified atom stereocenters. The molecule has 0 bridgehead atoms. The predicted octanol–water partition coefficient (Wildman–Crippen LogP) is 3.61. The second-order valence-corrected chi connectivity index (χ2v) is 7.46. The average Bonchev–Trinajstić information content (AvgIpc) is 3.27. The van der Waals surface area contributed by atoms with Crippen LogP contribution in [-0.2, 0) is 6.42 Å². The second-order valence-electron chi connectivity index (χ2n) is 6.45. The summed E-state index contributed by atoms with van der Waals surface area (Å²) in [6.45, 7) is 1.61. The molecule has 2 aromatic rings. The van der Waals surface area contributed by atoms with Crippen LogP contribution in [0, 0.1) is 0 Å². The third-order valence-corrected chi connectivity index (χ3v) is 6.00. The van der Waals surface area contributed by atoms with Crippen LogP contribution >= 0.6 is 11.3 Å². The fourth-order valence-corrected chi connectivity index (χ4v) is 4.74. The maximum atomic E-state index is 12.3. The van der Waals surface area contributed by atoms with Crippen LogP contribution < -0.4 is 5.32 Å². The zero-order chi connectivity index (χ0) is 15.6. The van der Waals surface area contributed by atoms with E-state index in [1.54, 1.807) is 23.3 Å². The lowest BCUT2D eigenvalue weighted by Gasteiger charge is -2.35. The Kier molecular flexibility index (Phi) is 4.23. The summed E-state index contributed by atoms with van der Waals surface area (Å²) in [5, 5.41) is 6.06. The van der Waals surface area contributed by atoms with E-state index in [9.17, 15) is 4.79 Å². The number of aryl methyl sites for hydroxylation is 1. The van der Waals surface area contributed by atoms with E-state index >= 15 is 0 Å².